The van der Waals surface area contributed by atoms with Crippen LogP contribution >= 0.6 is 0 Å². The Morgan fingerprint density at radius 2 is 1.62 bits per heavy atom. The van der Waals surface area contributed by atoms with Crippen LogP contribution in [-0.4, -0.2) is 23.9 Å². The number of methoxy groups -OCH3 is 1. The molecule has 32 heavy (non-hydrogen) atoms. The first-order valence-corrected chi connectivity index (χ1v) is 10.2. The highest BCUT2D eigenvalue weighted by molar-refractivity contribution is 6.19. The number of ketones is 1. The van der Waals surface area contributed by atoms with Gasteiger partial charge in [-0.2, -0.15) is 0 Å². The number of carbonyl (C=O) groups excluding carboxylic acids is 2. The third kappa shape index (κ3) is 4.05. The first-order chi connectivity index (χ1) is 15.5. The van der Waals surface area contributed by atoms with Crippen LogP contribution < -0.4 is 9.64 Å². The zero-order valence-corrected chi connectivity index (χ0v) is 17.9. The monoisotopic (exact) mass is 425 g/mol. The lowest BCUT2D eigenvalue weighted by Crippen LogP contribution is -2.30. The van der Waals surface area contributed by atoms with Crippen molar-refractivity contribution in [2.75, 3.05) is 12.0 Å². The fourth-order valence-electron chi connectivity index (χ4n) is 3.76. The molecule has 1 aliphatic rings. The van der Waals surface area contributed by atoms with Crippen LogP contribution in [0.25, 0.3) is 6.08 Å². The Morgan fingerprint density at radius 1 is 0.969 bits per heavy atom. The summed E-state index contributed by atoms with van der Waals surface area (Å²) in [6.45, 7) is 1.95. The number of nitrogens with zero attached hydrogens (tertiary/aromatic N) is 1. The van der Waals surface area contributed by atoms with Crippen molar-refractivity contribution in [2.45, 2.75) is 13.0 Å². The van der Waals surface area contributed by atoms with E-state index in [1.165, 1.54) is 11.0 Å². The topological polar surface area (TPSA) is 66.8 Å². The van der Waals surface area contributed by atoms with E-state index in [9.17, 15) is 14.7 Å². The number of rotatable bonds is 6. The fraction of sp³-hybridized carbons (Fsp3) is 0.111. The van der Waals surface area contributed by atoms with E-state index in [1.807, 2.05) is 61.5 Å². The van der Waals surface area contributed by atoms with E-state index < -0.39 is 23.5 Å². The fourth-order valence-corrected chi connectivity index (χ4v) is 3.76. The van der Waals surface area contributed by atoms with Crippen molar-refractivity contribution in [3.05, 3.63) is 113 Å². The Kier molecular flexibility index (Phi) is 5.90. The number of aryl methyl sites for hydroxylation is 1. The van der Waals surface area contributed by atoms with Gasteiger partial charge in [-0.15, -0.1) is 0 Å². The highest BCUT2D eigenvalue weighted by atomic mass is 16.5. The lowest BCUT2D eigenvalue weighted by molar-refractivity contribution is -0.117. The van der Waals surface area contributed by atoms with E-state index in [0.717, 1.165) is 11.1 Å². The second-order valence-electron chi connectivity index (χ2n) is 7.56. The number of hydrogen-bond donors (Lipinski definition) is 1. The van der Waals surface area contributed by atoms with Crippen molar-refractivity contribution in [1.82, 2.24) is 0 Å². The zero-order valence-electron chi connectivity index (χ0n) is 17.9. The van der Waals surface area contributed by atoms with Gasteiger partial charge in [0.1, 0.15) is 5.75 Å². The summed E-state index contributed by atoms with van der Waals surface area (Å²) in [6, 6.07) is 23.2. The van der Waals surface area contributed by atoms with Crippen molar-refractivity contribution in [3.63, 3.8) is 0 Å². The molecule has 0 fully saturated rings. The average molecular weight is 425 g/mol. The molecule has 4 rings (SSSR count). The number of benzene rings is 3. The summed E-state index contributed by atoms with van der Waals surface area (Å²) in [5, 5.41) is 10.8. The summed E-state index contributed by atoms with van der Waals surface area (Å²) in [5.41, 5.74) is 3.23. The summed E-state index contributed by atoms with van der Waals surface area (Å²) in [7, 11) is 1.57. The van der Waals surface area contributed by atoms with Gasteiger partial charge in [0, 0.05) is 5.69 Å². The Hall–Kier alpha value is -4.12. The molecule has 1 heterocycles. The molecule has 1 aliphatic heterocycles. The molecular weight excluding hydrogens is 402 g/mol. The molecule has 0 bridgehead atoms. The second kappa shape index (κ2) is 8.94. The van der Waals surface area contributed by atoms with E-state index in [2.05, 4.69) is 0 Å². The third-order valence-electron chi connectivity index (χ3n) is 5.44. The van der Waals surface area contributed by atoms with Crippen LogP contribution in [0.15, 0.2) is 96.3 Å². The van der Waals surface area contributed by atoms with Crippen LogP contribution in [0.4, 0.5) is 5.69 Å². The molecule has 0 saturated carbocycles. The number of anilines is 1. The van der Waals surface area contributed by atoms with E-state index >= 15 is 0 Å². The van der Waals surface area contributed by atoms with E-state index in [-0.39, 0.29) is 5.57 Å². The van der Waals surface area contributed by atoms with Gasteiger partial charge in [0.2, 0.25) is 0 Å². The standard InChI is InChI=1S/C27H23NO4/c1-18-8-13-21(14-9-18)28-25(20-11-15-22(32-2)16-12-20)24(26(30)27(28)31)23(29)17-10-19-6-4-3-5-7-19/h3-17,25,30H,1-2H3/b17-10-/t25-/m0/s1. The van der Waals surface area contributed by atoms with Crippen LogP contribution in [0.2, 0.25) is 0 Å². The average Bonchev–Trinajstić information content (AvgIpc) is 3.09. The summed E-state index contributed by atoms with van der Waals surface area (Å²) >= 11 is 0. The Balaban J connectivity index is 1.78. The number of aliphatic hydroxyl groups excluding tert-OH is 1. The first-order valence-electron chi connectivity index (χ1n) is 10.2. The van der Waals surface area contributed by atoms with Gasteiger partial charge in [0.05, 0.1) is 18.7 Å². The van der Waals surface area contributed by atoms with Gasteiger partial charge in [-0.05, 0) is 48.4 Å². The van der Waals surface area contributed by atoms with Gasteiger partial charge in [0.25, 0.3) is 5.91 Å². The number of allylic oxidation sites excluding steroid dienone is 1. The molecule has 0 radical (unpaired) electrons. The lowest BCUT2D eigenvalue weighted by atomic mass is 9.95. The molecule has 160 valence electrons. The summed E-state index contributed by atoms with van der Waals surface area (Å²) < 4.78 is 5.24. The van der Waals surface area contributed by atoms with Crippen molar-refractivity contribution >= 4 is 23.5 Å². The van der Waals surface area contributed by atoms with E-state index in [0.29, 0.717) is 17.0 Å². The van der Waals surface area contributed by atoms with Gasteiger partial charge < -0.3 is 9.84 Å². The minimum atomic E-state index is -0.760. The molecule has 0 aliphatic carbocycles. The maximum atomic E-state index is 13.2. The molecule has 3 aromatic rings. The summed E-state index contributed by atoms with van der Waals surface area (Å²) in [6.07, 6.45) is 3.07. The molecule has 1 amide bonds. The zero-order chi connectivity index (χ0) is 22.7. The number of carbonyl (C=O) groups is 2. The van der Waals surface area contributed by atoms with E-state index in [1.54, 1.807) is 37.5 Å². The predicted molar refractivity (Wildman–Crippen MR) is 125 cm³/mol. The predicted octanol–water partition coefficient (Wildman–Crippen LogP) is 5.19. The van der Waals surface area contributed by atoms with Crippen LogP contribution in [0.3, 0.4) is 0 Å². The number of ether oxygens (including phenoxy) is 1. The molecule has 0 spiro atoms. The van der Waals surface area contributed by atoms with Gasteiger partial charge in [-0.3, -0.25) is 14.5 Å². The lowest BCUT2D eigenvalue weighted by Gasteiger charge is -2.27. The molecule has 0 aromatic heterocycles. The van der Waals surface area contributed by atoms with Crippen molar-refractivity contribution in [3.8, 4) is 5.75 Å². The quantitative estimate of drug-likeness (QED) is 0.552. The highest BCUT2D eigenvalue weighted by Crippen LogP contribution is 2.41. The molecule has 0 saturated heterocycles. The minimum absolute atomic E-state index is 0.0490. The molecule has 1 N–H and O–H groups in total. The maximum Gasteiger partial charge on any atom is 0.294 e. The molecular formula is C27H23NO4. The number of amides is 1. The van der Waals surface area contributed by atoms with Crippen LogP contribution in [0.5, 0.6) is 5.75 Å². The van der Waals surface area contributed by atoms with Gasteiger partial charge in [0.15, 0.2) is 11.5 Å². The van der Waals surface area contributed by atoms with Crippen LogP contribution in [0, 0.1) is 6.92 Å². The Labute approximate surface area is 186 Å². The largest absolute Gasteiger partial charge is 0.503 e. The second-order valence-corrected chi connectivity index (χ2v) is 7.56. The van der Waals surface area contributed by atoms with Crippen molar-refractivity contribution in [1.29, 1.82) is 0 Å². The number of aliphatic hydroxyl groups is 1. The molecule has 1 atom stereocenters. The van der Waals surface area contributed by atoms with Gasteiger partial charge in [-0.25, -0.2) is 0 Å². The van der Waals surface area contributed by atoms with Crippen molar-refractivity contribution < 1.29 is 19.4 Å². The third-order valence-corrected chi connectivity index (χ3v) is 5.44. The summed E-state index contributed by atoms with van der Waals surface area (Å²) in [4.78, 5) is 27.8. The first kappa shape index (κ1) is 21.1. The van der Waals surface area contributed by atoms with Gasteiger partial charge >= 0.3 is 0 Å². The van der Waals surface area contributed by atoms with Gasteiger partial charge in [-0.1, -0.05) is 66.2 Å². The summed E-state index contributed by atoms with van der Waals surface area (Å²) in [5.74, 6) is -0.902. The van der Waals surface area contributed by atoms with Crippen LogP contribution in [0.1, 0.15) is 22.7 Å². The maximum absolute atomic E-state index is 13.2. The normalized spacial score (nSPS) is 16.1. The smallest absolute Gasteiger partial charge is 0.294 e. The van der Waals surface area contributed by atoms with Crippen molar-refractivity contribution in [2.24, 2.45) is 0 Å². The minimum Gasteiger partial charge on any atom is -0.503 e. The SMILES string of the molecule is COc1ccc([C@H]2C(C(=O)/C=C\c3ccccc3)=C(O)C(=O)N2c2ccc(C)cc2)cc1. The van der Waals surface area contributed by atoms with E-state index in [4.69, 9.17) is 4.74 Å². The molecule has 0 unspecified atom stereocenters. The Bertz CT molecular complexity index is 1190. The molecule has 3 aromatic carbocycles. The molecule has 5 heteroatoms. The highest BCUT2D eigenvalue weighted by Gasteiger charge is 2.43. The van der Waals surface area contributed by atoms with Crippen LogP contribution in [-0.2, 0) is 9.59 Å². The molecule has 5 nitrogen and oxygen atoms in total. The Morgan fingerprint density at radius 3 is 2.25 bits per heavy atom. The number of hydrogen-bond acceptors (Lipinski definition) is 4.